The standard InChI is InChI=1S/C21H23N3O3/c1-14(2)17-9-4-5-10-18(17)22-19(25)11-12-20-23-24-21(27-20)15-7-6-8-16(13-15)26-3/h4-10,13-14H,11-12H2,1-3H3,(H,22,25). The van der Waals surface area contributed by atoms with Gasteiger partial charge < -0.3 is 14.5 Å². The van der Waals surface area contributed by atoms with Crippen molar-refractivity contribution in [3.63, 3.8) is 0 Å². The van der Waals surface area contributed by atoms with Crippen LogP contribution in [0, 0.1) is 0 Å². The number of nitrogens with one attached hydrogen (secondary N) is 1. The van der Waals surface area contributed by atoms with E-state index < -0.39 is 0 Å². The maximum atomic E-state index is 12.3. The minimum atomic E-state index is -0.0794. The Kier molecular flexibility index (Phi) is 5.86. The van der Waals surface area contributed by atoms with Gasteiger partial charge in [0.2, 0.25) is 17.7 Å². The largest absolute Gasteiger partial charge is 0.497 e. The molecule has 1 N–H and O–H groups in total. The third-order valence-corrected chi connectivity index (χ3v) is 4.21. The van der Waals surface area contributed by atoms with Gasteiger partial charge in [-0.3, -0.25) is 4.79 Å². The number of para-hydroxylation sites is 1. The number of hydrogen-bond acceptors (Lipinski definition) is 5. The fourth-order valence-corrected chi connectivity index (χ4v) is 2.77. The van der Waals surface area contributed by atoms with Crippen LogP contribution in [-0.2, 0) is 11.2 Å². The monoisotopic (exact) mass is 365 g/mol. The van der Waals surface area contributed by atoms with E-state index in [9.17, 15) is 4.79 Å². The predicted molar refractivity (Wildman–Crippen MR) is 104 cm³/mol. The minimum Gasteiger partial charge on any atom is -0.497 e. The number of benzene rings is 2. The summed E-state index contributed by atoms with van der Waals surface area (Å²) in [4.78, 5) is 12.3. The highest BCUT2D eigenvalue weighted by atomic mass is 16.5. The fraction of sp³-hybridized carbons (Fsp3) is 0.286. The number of aromatic nitrogens is 2. The van der Waals surface area contributed by atoms with Gasteiger partial charge in [-0.1, -0.05) is 38.1 Å². The highest BCUT2D eigenvalue weighted by Crippen LogP contribution is 2.25. The van der Waals surface area contributed by atoms with Crippen molar-refractivity contribution in [2.24, 2.45) is 0 Å². The molecule has 0 aliphatic heterocycles. The Morgan fingerprint density at radius 3 is 2.74 bits per heavy atom. The second-order valence-corrected chi connectivity index (χ2v) is 6.52. The zero-order chi connectivity index (χ0) is 19.2. The molecule has 0 aliphatic rings. The summed E-state index contributed by atoms with van der Waals surface area (Å²) in [6.45, 7) is 4.20. The van der Waals surface area contributed by atoms with Gasteiger partial charge in [-0.2, -0.15) is 0 Å². The molecule has 27 heavy (non-hydrogen) atoms. The van der Waals surface area contributed by atoms with Crippen LogP contribution in [0.3, 0.4) is 0 Å². The number of carbonyl (C=O) groups excluding carboxylic acids is 1. The Balaban J connectivity index is 1.61. The average Bonchev–Trinajstić information content (AvgIpc) is 3.16. The number of aryl methyl sites for hydroxylation is 1. The first kappa shape index (κ1) is 18.6. The van der Waals surface area contributed by atoms with Gasteiger partial charge >= 0.3 is 0 Å². The number of ether oxygens (including phenoxy) is 1. The molecule has 0 saturated heterocycles. The molecule has 0 radical (unpaired) electrons. The Hall–Kier alpha value is -3.15. The molecule has 0 unspecified atom stereocenters. The number of nitrogens with zero attached hydrogens (tertiary/aromatic N) is 2. The lowest BCUT2D eigenvalue weighted by atomic mass is 10.0. The third-order valence-electron chi connectivity index (χ3n) is 4.21. The second-order valence-electron chi connectivity index (χ2n) is 6.52. The summed E-state index contributed by atoms with van der Waals surface area (Å²) in [5.41, 5.74) is 2.74. The van der Waals surface area contributed by atoms with Crippen LogP contribution in [-0.4, -0.2) is 23.2 Å². The van der Waals surface area contributed by atoms with Crippen LogP contribution in [0.25, 0.3) is 11.5 Å². The number of carbonyl (C=O) groups is 1. The van der Waals surface area contributed by atoms with E-state index in [2.05, 4.69) is 29.4 Å². The van der Waals surface area contributed by atoms with E-state index in [-0.39, 0.29) is 12.3 Å². The van der Waals surface area contributed by atoms with Crippen LogP contribution >= 0.6 is 0 Å². The normalized spacial score (nSPS) is 10.8. The molecule has 3 aromatic rings. The molecule has 0 fully saturated rings. The third kappa shape index (κ3) is 4.73. The first-order valence-electron chi connectivity index (χ1n) is 8.92. The van der Waals surface area contributed by atoms with Gasteiger partial charge in [0.25, 0.3) is 0 Å². The van der Waals surface area contributed by atoms with Crippen molar-refractivity contribution in [2.45, 2.75) is 32.6 Å². The quantitative estimate of drug-likeness (QED) is 0.670. The van der Waals surface area contributed by atoms with Gasteiger partial charge in [-0.05, 0) is 35.7 Å². The summed E-state index contributed by atoms with van der Waals surface area (Å²) in [7, 11) is 1.61. The van der Waals surface area contributed by atoms with E-state index in [1.165, 1.54) is 0 Å². The maximum absolute atomic E-state index is 12.3. The molecule has 0 bridgehead atoms. The molecular formula is C21H23N3O3. The molecule has 3 rings (SSSR count). The number of rotatable bonds is 7. The summed E-state index contributed by atoms with van der Waals surface area (Å²) in [5, 5.41) is 11.1. The molecule has 1 heterocycles. The van der Waals surface area contributed by atoms with E-state index in [0.717, 1.165) is 22.6 Å². The van der Waals surface area contributed by atoms with Crippen LogP contribution < -0.4 is 10.1 Å². The van der Waals surface area contributed by atoms with Gasteiger partial charge in [-0.15, -0.1) is 10.2 Å². The lowest BCUT2D eigenvalue weighted by Gasteiger charge is -2.13. The fourth-order valence-electron chi connectivity index (χ4n) is 2.77. The van der Waals surface area contributed by atoms with Crippen molar-refractivity contribution in [1.82, 2.24) is 10.2 Å². The lowest BCUT2D eigenvalue weighted by molar-refractivity contribution is -0.116. The van der Waals surface area contributed by atoms with Gasteiger partial charge in [0.1, 0.15) is 5.75 Å². The number of hydrogen-bond donors (Lipinski definition) is 1. The van der Waals surface area contributed by atoms with Crippen LogP contribution in [0.1, 0.15) is 37.6 Å². The van der Waals surface area contributed by atoms with Crippen molar-refractivity contribution < 1.29 is 13.9 Å². The summed E-state index contributed by atoms with van der Waals surface area (Å²) < 4.78 is 10.9. The molecule has 1 amide bonds. The van der Waals surface area contributed by atoms with Crippen LogP contribution in [0.5, 0.6) is 5.75 Å². The molecule has 140 valence electrons. The average molecular weight is 365 g/mol. The van der Waals surface area contributed by atoms with Crippen molar-refractivity contribution in [3.05, 3.63) is 60.0 Å². The maximum Gasteiger partial charge on any atom is 0.247 e. The van der Waals surface area contributed by atoms with E-state index in [1.54, 1.807) is 7.11 Å². The molecule has 0 aliphatic carbocycles. The molecule has 0 saturated carbocycles. The summed E-state index contributed by atoms with van der Waals surface area (Å²) in [6.07, 6.45) is 0.652. The first-order chi connectivity index (χ1) is 13.1. The topological polar surface area (TPSA) is 77.2 Å². The Bertz CT molecular complexity index is 918. The van der Waals surface area contributed by atoms with Crippen molar-refractivity contribution in [2.75, 3.05) is 12.4 Å². The van der Waals surface area contributed by atoms with Crippen LogP contribution in [0.2, 0.25) is 0 Å². The number of amides is 1. The lowest BCUT2D eigenvalue weighted by Crippen LogP contribution is -2.14. The van der Waals surface area contributed by atoms with Gasteiger partial charge in [0.15, 0.2) is 0 Å². The Morgan fingerprint density at radius 1 is 1.15 bits per heavy atom. The Labute approximate surface area is 158 Å². The SMILES string of the molecule is COc1cccc(-c2nnc(CCC(=O)Nc3ccccc3C(C)C)o2)c1. The van der Waals surface area contributed by atoms with E-state index in [4.69, 9.17) is 9.15 Å². The summed E-state index contributed by atoms with van der Waals surface area (Å²) in [5.74, 6) is 1.82. The molecule has 1 aromatic heterocycles. The van der Waals surface area contributed by atoms with Crippen molar-refractivity contribution in [1.29, 1.82) is 0 Å². The second kappa shape index (κ2) is 8.49. The molecule has 0 atom stereocenters. The molecule has 6 nitrogen and oxygen atoms in total. The predicted octanol–water partition coefficient (Wildman–Crippen LogP) is 4.44. The summed E-state index contributed by atoms with van der Waals surface area (Å²) in [6, 6.07) is 15.2. The smallest absolute Gasteiger partial charge is 0.247 e. The Morgan fingerprint density at radius 2 is 1.96 bits per heavy atom. The molecule has 6 heteroatoms. The zero-order valence-electron chi connectivity index (χ0n) is 15.7. The highest BCUT2D eigenvalue weighted by Gasteiger charge is 2.13. The van der Waals surface area contributed by atoms with Crippen LogP contribution in [0.4, 0.5) is 5.69 Å². The van der Waals surface area contributed by atoms with Crippen molar-refractivity contribution >= 4 is 11.6 Å². The van der Waals surface area contributed by atoms with E-state index >= 15 is 0 Å². The number of anilines is 1. The van der Waals surface area contributed by atoms with Gasteiger partial charge in [-0.25, -0.2) is 0 Å². The molecule has 0 spiro atoms. The first-order valence-corrected chi connectivity index (χ1v) is 8.92. The van der Waals surface area contributed by atoms with Gasteiger partial charge in [0, 0.05) is 24.1 Å². The van der Waals surface area contributed by atoms with Crippen LogP contribution in [0.15, 0.2) is 52.9 Å². The number of methoxy groups -OCH3 is 1. The van der Waals surface area contributed by atoms with Crippen molar-refractivity contribution in [3.8, 4) is 17.2 Å². The van der Waals surface area contributed by atoms with E-state index in [0.29, 0.717) is 24.1 Å². The van der Waals surface area contributed by atoms with Gasteiger partial charge in [0.05, 0.1) is 7.11 Å². The van der Waals surface area contributed by atoms with E-state index in [1.807, 2.05) is 48.5 Å². The highest BCUT2D eigenvalue weighted by molar-refractivity contribution is 5.91. The minimum absolute atomic E-state index is 0.0794. The zero-order valence-corrected chi connectivity index (χ0v) is 15.7. The molecule has 2 aromatic carbocycles. The summed E-state index contributed by atoms with van der Waals surface area (Å²) >= 11 is 0. The molecular weight excluding hydrogens is 342 g/mol.